The van der Waals surface area contributed by atoms with Crippen LogP contribution in [0, 0.1) is 36.5 Å². The van der Waals surface area contributed by atoms with Gasteiger partial charge in [0.25, 0.3) is 0 Å². The number of ether oxygens (including phenoxy) is 2. The molecule has 10 nitrogen and oxygen atoms in total. The van der Waals surface area contributed by atoms with Crippen molar-refractivity contribution in [2.45, 2.75) is 18.7 Å². The minimum absolute atomic E-state index is 0.0928. The number of carbonyl (C=O) groups excluding carboxylic acids is 1. The molecule has 2 heterocycles. The summed E-state index contributed by atoms with van der Waals surface area (Å²) in [5.74, 6) is 1.27. The van der Waals surface area contributed by atoms with Gasteiger partial charge < -0.3 is 20.1 Å². The topological polar surface area (TPSA) is 136 Å². The smallest absolute Gasteiger partial charge is 0.237 e. The van der Waals surface area contributed by atoms with Crippen molar-refractivity contribution >= 4 is 29.3 Å². The number of carbonyl (C=O) groups is 1. The van der Waals surface area contributed by atoms with Gasteiger partial charge in [-0.2, -0.15) is 15.5 Å². The molecule has 0 bridgehead atoms. The molecular formula is C28H29N7O3S. The Morgan fingerprint density at radius 2 is 1.79 bits per heavy atom. The zero-order valence-corrected chi connectivity index (χ0v) is 22.7. The van der Waals surface area contributed by atoms with Crippen molar-refractivity contribution < 1.29 is 14.3 Å². The molecular weight excluding hydrogens is 514 g/mol. The van der Waals surface area contributed by atoms with Gasteiger partial charge in [0, 0.05) is 38.1 Å². The molecule has 2 aromatic carbocycles. The SMILES string of the molecule is Cc1cc(C#N)cc(C)c1Oc1nc(Nc2ccc(C#N)cc2)ncc1SCC(=O)NCCN1CCOCC1. The lowest BCUT2D eigenvalue weighted by molar-refractivity contribution is -0.118. The van der Waals surface area contributed by atoms with E-state index in [4.69, 9.17) is 14.7 Å². The zero-order valence-electron chi connectivity index (χ0n) is 21.9. The van der Waals surface area contributed by atoms with Gasteiger partial charge in [0.1, 0.15) is 5.75 Å². The van der Waals surface area contributed by atoms with Crippen LogP contribution in [0.1, 0.15) is 22.3 Å². The molecule has 200 valence electrons. The minimum Gasteiger partial charge on any atom is -0.437 e. The summed E-state index contributed by atoms with van der Waals surface area (Å²) in [6.07, 6.45) is 1.62. The first-order valence-electron chi connectivity index (χ1n) is 12.5. The Balaban J connectivity index is 1.48. The third-order valence-electron chi connectivity index (χ3n) is 5.99. The predicted molar refractivity (Wildman–Crippen MR) is 148 cm³/mol. The maximum Gasteiger partial charge on any atom is 0.237 e. The van der Waals surface area contributed by atoms with Crippen LogP contribution < -0.4 is 15.4 Å². The molecule has 1 aromatic heterocycles. The highest BCUT2D eigenvalue weighted by Gasteiger charge is 2.16. The summed E-state index contributed by atoms with van der Waals surface area (Å²) < 4.78 is 11.6. The average Bonchev–Trinajstić information content (AvgIpc) is 2.95. The summed E-state index contributed by atoms with van der Waals surface area (Å²) in [4.78, 5) is 24.4. The lowest BCUT2D eigenvalue weighted by atomic mass is 10.1. The normalized spacial score (nSPS) is 13.2. The van der Waals surface area contributed by atoms with Crippen molar-refractivity contribution in [2.75, 3.05) is 50.5 Å². The molecule has 0 spiro atoms. The molecule has 11 heteroatoms. The Bertz CT molecular complexity index is 1370. The van der Waals surface area contributed by atoms with Crippen LogP contribution in [0.25, 0.3) is 0 Å². The molecule has 4 rings (SSSR count). The van der Waals surface area contributed by atoms with Crippen molar-refractivity contribution in [3.05, 3.63) is 64.8 Å². The van der Waals surface area contributed by atoms with Crippen molar-refractivity contribution in [3.8, 4) is 23.8 Å². The number of anilines is 2. The average molecular weight is 544 g/mol. The van der Waals surface area contributed by atoms with E-state index in [1.54, 1.807) is 42.6 Å². The van der Waals surface area contributed by atoms with Gasteiger partial charge in [0.15, 0.2) is 0 Å². The van der Waals surface area contributed by atoms with Gasteiger partial charge in [0.05, 0.1) is 47.1 Å². The molecule has 1 aliphatic heterocycles. The summed E-state index contributed by atoms with van der Waals surface area (Å²) in [7, 11) is 0. The molecule has 2 N–H and O–H groups in total. The Kier molecular flexibility index (Phi) is 9.70. The molecule has 3 aromatic rings. The molecule has 1 aliphatic rings. The zero-order chi connectivity index (χ0) is 27.6. The fourth-order valence-corrected chi connectivity index (χ4v) is 4.72. The summed E-state index contributed by atoms with van der Waals surface area (Å²) in [6.45, 7) is 8.28. The highest BCUT2D eigenvalue weighted by atomic mass is 32.2. The second kappa shape index (κ2) is 13.6. The highest BCUT2D eigenvalue weighted by molar-refractivity contribution is 8.00. The Morgan fingerprint density at radius 3 is 2.46 bits per heavy atom. The molecule has 0 radical (unpaired) electrons. The number of benzene rings is 2. The third kappa shape index (κ3) is 7.91. The van der Waals surface area contributed by atoms with Crippen molar-refractivity contribution in [1.29, 1.82) is 10.5 Å². The van der Waals surface area contributed by atoms with Crippen LogP contribution in [0.4, 0.5) is 11.6 Å². The fourth-order valence-electron chi connectivity index (χ4n) is 3.99. The van der Waals surface area contributed by atoms with E-state index in [1.165, 1.54) is 11.8 Å². The van der Waals surface area contributed by atoms with Gasteiger partial charge >= 0.3 is 0 Å². The van der Waals surface area contributed by atoms with Gasteiger partial charge in [-0.1, -0.05) is 0 Å². The van der Waals surface area contributed by atoms with Gasteiger partial charge in [0.2, 0.25) is 17.7 Å². The van der Waals surface area contributed by atoms with Gasteiger partial charge in [-0.3, -0.25) is 9.69 Å². The molecule has 0 saturated carbocycles. The first-order valence-corrected chi connectivity index (χ1v) is 13.5. The molecule has 0 unspecified atom stereocenters. The number of nitrogens with zero attached hydrogens (tertiary/aromatic N) is 5. The summed E-state index contributed by atoms with van der Waals surface area (Å²) in [5, 5.41) is 24.4. The summed E-state index contributed by atoms with van der Waals surface area (Å²) >= 11 is 1.29. The lowest BCUT2D eigenvalue weighted by Crippen LogP contribution is -2.41. The van der Waals surface area contributed by atoms with E-state index < -0.39 is 0 Å². The predicted octanol–water partition coefficient (Wildman–Crippen LogP) is 3.91. The standard InChI is InChI=1S/C28H29N7O3S/c1-19-13-22(16-30)14-20(2)26(19)38-27-24(39-18-25(36)31-7-8-35-9-11-37-12-10-35)17-32-28(34-27)33-23-5-3-21(15-29)4-6-23/h3-6,13-14,17H,7-12,18H2,1-2H3,(H,31,36)(H,32,33,34). The number of rotatable bonds is 10. The minimum atomic E-state index is -0.0928. The number of hydrogen-bond acceptors (Lipinski definition) is 10. The number of aromatic nitrogens is 2. The molecule has 39 heavy (non-hydrogen) atoms. The van der Waals surface area contributed by atoms with Crippen LogP contribution in [0.3, 0.4) is 0 Å². The van der Waals surface area contributed by atoms with Crippen LogP contribution in [0.5, 0.6) is 11.6 Å². The second-order valence-corrected chi connectivity index (χ2v) is 9.94. The molecule has 1 fully saturated rings. The highest BCUT2D eigenvalue weighted by Crippen LogP contribution is 2.35. The summed E-state index contributed by atoms with van der Waals surface area (Å²) in [5.41, 5.74) is 3.40. The first-order chi connectivity index (χ1) is 18.9. The molecule has 1 amide bonds. The van der Waals surface area contributed by atoms with Crippen LogP contribution in [0.2, 0.25) is 0 Å². The van der Waals surface area contributed by atoms with E-state index >= 15 is 0 Å². The van der Waals surface area contributed by atoms with E-state index in [0.717, 1.165) is 44.0 Å². The number of amides is 1. The van der Waals surface area contributed by atoms with Crippen molar-refractivity contribution in [1.82, 2.24) is 20.2 Å². The lowest BCUT2D eigenvalue weighted by Gasteiger charge is -2.26. The number of nitriles is 2. The number of aryl methyl sites for hydroxylation is 2. The van der Waals surface area contributed by atoms with Crippen LogP contribution in [-0.2, 0) is 9.53 Å². The van der Waals surface area contributed by atoms with E-state index in [1.807, 2.05) is 13.8 Å². The van der Waals surface area contributed by atoms with Gasteiger partial charge in [-0.05, 0) is 61.4 Å². The number of nitrogens with one attached hydrogen (secondary N) is 2. The first kappa shape index (κ1) is 27.9. The molecule has 1 saturated heterocycles. The van der Waals surface area contributed by atoms with Gasteiger partial charge in [-0.15, -0.1) is 11.8 Å². The maximum atomic E-state index is 12.5. The van der Waals surface area contributed by atoms with Crippen LogP contribution >= 0.6 is 11.8 Å². The van der Waals surface area contributed by atoms with Crippen molar-refractivity contribution in [3.63, 3.8) is 0 Å². The van der Waals surface area contributed by atoms with Crippen LogP contribution in [-0.4, -0.2) is 65.9 Å². The fraction of sp³-hybridized carbons (Fsp3) is 0.321. The number of thioether (sulfide) groups is 1. The monoisotopic (exact) mass is 543 g/mol. The quantitative estimate of drug-likeness (QED) is 0.362. The number of hydrogen-bond donors (Lipinski definition) is 2. The van der Waals surface area contributed by atoms with Crippen LogP contribution in [0.15, 0.2) is 47.5 Å². The molecule has 0 atom stereocenters. The summed E-state index contributed by atoms with van der Waals surface area (Å²) in [6, 6.07) is 14.7. The Labute approximate surface area is 232 Å². The number of morpholine rings is 1. The molecule has 0 aliphatic carbocycles. The maximum absolute atomic E-state index is 12.5. The second-order valence-electron chi connectivity index (χ2n) is 8.92. The third-order valence-corrected chi connectivity index (χ3v) is 6.99. The van der Waals surface area contributed by atoms with Gasteiger partial charge in [-0.25, -0.2) is 4.98 Å². The largest absolute Gasteiger partial charge is 0.437 e. The van der Waals surface area contributed by atoms with E-state index in [0.29, 0.717) is 45.8 Å². The Morgan fingerprint density at radius 1 is 1.10 bits per heavy atom. The van der Waals surface area contributed by atoms with E-state index in [9.17, 15) is 10.1 Å². The van der Waals surface area contributed by atoms with Crippen molar-refractivity contribution in [2.24, 2.45) is 0 Å². The Hall–Kier alpha value is -4.16. The van der Waals surface area contributed by atoms with E-state index in [2.05, 4.69) is 37.6 Å². The van der Waals surface area contributed by atoms with E-state index in [-0.39, 0.29) is 11.7 Å².